The van der Waals surface area contributed by atoms with Crippen LogP contribution in [0.25, 0.3) is 5.00 Å². The Balaban J connectivity index is 1.72. The van der Waals surface area contributed by atoms with Gasteiger partial charge in [-0.1, -0.05) is 0 Å². The SMILES string of the molecule is Cc1sc(-n2cccc2)c(C(=O)OCC(=O)N2CCCCC2C)c1C. The second-order valence-electron chi connectivity index (χ2n) is 6.56. The zero-order valence-electron chi connectivity index (χ0n) is 14.9. The van der Waals surface area contributed by atoms with E-state index in [0.29, 0.717) is 5.56 Å². The van der Waals surface area contributed by atoms with Crippen molar-refractivity contribution in [2.75, 3.05) is 13.2 Å². The van der Waals surface area contributed by atoms with E-state index in [2.05, 4.69) is 6.92 Å². The molecule has 0 spiro atoms. The lowest BCUT2D eigenvalue weighted by Gasteiger charge is -2.33. The van der Waals surface area contributed by atoms with Gasteiger partial charge in [-0.2, -0.15) is 0 Å². The van der Waals surface area contributed by atoms with Gasteiger partial charge in [0.2, 0.25) is 0 Å². The van der Waals surface area contributed by atoms with Crippen LogP contribution in [-0.4, -0.2) is 40.5 Å². The molecule has 0 aromatic carbocycles. The summed E-state index contributed by atoms with van der Waals surface area (Å²) in [5.74, 6) is -0.531. The average Bonchev–Trinajstić information content (AvgIpc) is 3.22. The number of aryl methyl sites for hydroxylation is 1. The second-order valence-corrected chi connectivity index (χ2v) is 7.76. The van der Waals surface area contributed by atoms with Crippen LogP contribution in [0.3, 0.4) is 0 Å². The molecule has 1 aliphatic heterocycles. The van der Waals surface area contributed by atoms with E-state index in [1.807, 2.05) is 47.8 Å². The quantitative estimate of drug-likeness (QED) is 0.781. The summed E-state index contributed by atoms with van der Waals surface area (Å²) in [6.45, 7) is 6.52. The molecule has 1 aliphatic rings. The Morgan fingerprint density at radius 1 is 1.24 bits per heavy atom. The summed E-state index contributed by atoms with van der Waals surface area (Å²) in [6, 6.07) is 4.06. The number of likely N-dealkylation sites (tertiary alicyclic amines) is 1. The summed E-state index contributed by atoms with van der Waals surface area (Å²) in [5.41, 5.74) is 1.47. The molecule has 1 atom stereocenters. The fourth-order valence-electron chi connectivity index (χ4n) is 3.25. The highest BCUT2D eigenvalue weighted by atomic mass is 32.1. The van der Waals surface area contributed by atoms with E-state index in [0.717, 1.165) is 41.2 Å². The van der Waals surface area contributed by atoms with Crippen molar-refractivity contribution >= 4 is 23.2 Å². The summed E-state index contributed by atoms with van der Waals surface area (Å²) in [5, 5.41) is 0.837. The minimum Gasteiger partial charge on any atom is -0.452 e. The number of nitrogens with zero attached hydrogens (tertiary/aromatic N) is 2. The van der Waals surface area contributed by atoms with Gasteiger partial charge in [0.25, 0.3) is 5.91 Å². The first-order chi connectivity index (χ1) is 12.0. The Bertz CT molecular complexity index is 764. The Hall–Kier alpha value is -2.08. The molecule has 3 heterocycles. The highest BCUT2D eigenvalue weighted by molar-refractivity contribution is 7.15. The lowest BCUT2D eigenvalue weighted by atomic mass is 10.0. The highest BCUT2D eigenvalue weighted by Crippen LogP contribution is 2.31. The molecular formula is C19H24N2O3S. The number of rotatable bonds is 4. The van der Waals surface area contributed by atoms with Gasteiger partial charge in [0.15, 0.2) is 6.61 Å². The normalized spacial score (nSPS) is 17.6. The van der Waals surface area contributed by atoms with Crippen LogP contribution in [0.5, 0.6) is 0 Å². The topological polar surface area (TPSA) is 51.5 Å². The summed E-state index contributed by atoms with van der Waals surface area (Å²) >= 11 is 1.56. The number of aromatic nitrogens is 1. The van der Waals surface area contributed by atoms with Crippen LogP contribution in [0.1, 0.15) is 47.0 Å². The second kappa shape index (κ2) is 7.44. The Morgan fingerprint density at radius 3 is 2.64 bits per heavy atom. The van der Waals surface area contributed by atoms with Crippen molar-refractivity contribution < 1.29 is 14.3 Å². The molecule has 0 bridgehead atoms. The van der Waals surface area contributed by atoms with Crippen LogP contribution in [0.4, 0.5) is 0 Å². The Labute approximate surface area is 152 Å². The monoisotopic (exact) mass is 360 g/mol. The molecule has 0 radical (unpaired) electrons. The number of ether oxygens (including phenoxy) is 1. The van der Waals surface area contributed by atoms with Crippen LogP contribution in [-0.2, 0) is 9.53 Å². The van der Waals surface area contributed by atoms with Gasteiger partial charge in [-0.05, 0) is 57.7 Å². The number of hydrogen-bond acceptors (Lipinski definition) is 4. The largest absolute Gasteiger partial charge is 0.452 e. The van der Waals surface area contributed by atoms with E-state index in [4.69, 9.17) is 4.74 Å². The number of amides is 1. The minimum atomic E-state index is -0.427. The number of carbonyl (C=O) groups excluding carboxylic acids is 2. The zero-order valence-corrected chi connectivity index (χ0v) is 15.8. The molecule has 0 saturated carbocycles. The van der Waals surface area contributed by atoms with Crippen molar-refractivity contribution in [3.8, 4) is 5.00 Å². The van der Waals surface area contributed by atoms with Crippen molar-refractivity contribution in [2.45, 2.75) is 46.1 Å². The van der Waals surface area contributed by atoms with Gasteiger partial charge in [-0.3, -0.25) is 4.79 Å². The van der Waals surface area contributed by atoms with Crippen LogP contribution in [0.2, 0.25) is 0 Å². The lowest BCUT2D eigenvalue weighted by Crippen LogP contribution is -2.44. The van der Waals surface area contributed by atoms with E-state index < -0.39 is 5.97 Å². The average molecular weight is 360 g/mol. The standard InChI is InChI=1S/C19H24N2O3S/c1-13-8-4-5-11-21(13)16(22)12-24-19(23)17-14(2)15(3)25-18(17)20-9-6-7-10-20/h6-7,9-10,13H,4-5,8,11-12H2,1-3H3. The zero-order chi connectivity index (χ0) is 18.0. The highest BCUT2D eigenvalue weighted by Gasteiger charge is 2.26. The molecule has 6 heteroatoms. The maximum absolute atomic E-state index is 12.7. The fourth-order valence-corrected chi connectivity index (χ4v) is 4.36. The van der Waals surface area contributed by atoms with Crippen LogP contribution >= 0.6 is 11.3 Å². The minimum absolute atomic E-state index is 0.104. The molecule has 1 fully saturated rings. The van der Waals surface area contributed by atoms with Gasteiger partial charge in [0, 0.05) is 29.9 Å². The maximum Gasteiger partial charge on any atom is 0.341 e. The van der Waals surface area contributed by atoms with Gasteiger partial charge < -0.3 is 14.2 Å². The molecule has 0 aliphatic carbocycles. The van der Waals surface area contributed by atoms with Crippen molar-refractivity contribution in [3.63, 3.8) is 0 Å². The number of hydrogen-bond donors (Lipinski definition) is 0. The molecule has 25 heavy (non-hydrogen) atoms. The van der Waals surface area contributed by atoms with Crippen molar-refractivity contribution in [1.29, 1.82) is 0 Å². The number of esters is 1. The predicted octanol–water partition coefficient (Wildman–Crippen LogP) is 3.71. The molecule has 5 nitrogen and oxygen atoms in total. The van der Waals surface area contributed by atoms with Crippen LogP contribution < -0.4 is 0 Å². The summed E-state index contributed by atoms with van der Waals surface area (Å²) < 4.78 is 7.30. The molecule has 2 aromatic heterocycles. The van der Waals surface area contributed by atoms with Gasteiger partial charge in [-0.15, -0.1) is 11.3 Å². The van der Waals surface area contributed by atoms with E-state index >= 15 is 0 Å². The molecule has 1 unspecified atom stereocenters. The number of carbonyl (C=O) groups is 2. The van der Waals surface area contributed by atoms with Gasteiger partial charge in [0.05, 0.1) is 5.56 Å². The summed E-state index contributed by atoms with van der Waals surface area (Å²) in [4.78, 5) is 28.0. The number of thiophene rings is 1. The third kappa shape index (κ3) is 3.63. The van der Waals surface area contributed by atoms with Crippen LogP contribution in [0, 0.1) is 13.8 Å². The third-order valence-corrected chi connectivity index (χ3v) is 6.08. The first-order valence-electron chi connectivity index (χ1n) is 8.69. The van der Waals surface area contributed by atoms with Gasteiger partial charge in [0.1, 0.15) is 5.00 Å². The van der Waals surface area contributed by atoms with Crippen LogP contribution in [0.15, 0.2) is 24.5 Å². The summed E-state index contributed by atoms with van der Waals surface area (Å²) in [6.07, 6.45) is 6.99. The summed E-state index contributed by atoms with van der Waals surface area (Å²) in [7, 11) is 0. The molecule has 1 amide bonds. The van der Waals surface area contributed by atoms with Gasteiger partial charge in [-0.25, -0.2) is 4.79 Å². The molecule has 134 valence electrons. The predicted molar refractivity (Wildman–Crippen MR) is 98.4 cm³/mol. The Kier molecular flexibility index (Phi) is 5.27. The van der Waals surface area contributed by atoms with Crippen molar-refractivity contribution in [3.05, 3.63) is 40.5 Å². The lowest BCUT2D eigenvalue weighted by molar-refractivity contribution is -0.137. The molecule has 2 aromatic rings. The maximum atomic E-state index is 12.7. The van der Waals surface area contributed by atoms with Crippen molar-refractivity contribution in [2.24, 2.45) is 0 Å². The van der Waals surface area contributed by atoms with E-state index in [1.165, 1.54) is 0 Å². The van der Waals surface area contributed by atoms with E-state index in [-0.39, 0.29) is 18.6 Å². The smallest absolute Gasteiger partial charge is 0.341 e. The van der Waals surface area contributed by atoms with E-state index in [9.17, 15) is 9.59 Å². The first-order valence-corrected chi connectivity index (χ1v) is 9.50. The van der Waals surface area contributed by atoms with Crippen molar-refractivity contribution in [1.82, 2.24) is 9.47 Å². The first kappa shape index (κ1) is 17.7. The fraction of sp³-hybridized carbons (Fsp3) is 0.474. The number of piperidine rings is 1. The molecular weight excluding hydrogens is 336 g/mol. The third-order valence-electron chi connectivity index (χ3n) is 4.86. The molecule has 1 saturated heterocycles. The Morgan fingerprint density at radius 2 is 1.96 bits per heavy atom. The molecule has 0 N–H and O–H groups in total. The van der Waals surface area contributed by atoms with Gasteiger partial charge >= 0.3 is 5.97 Å². The molecule has 3 rings (SSSR count). The van der Waals surface area contributed by atoms with E-state index in [1.54, 1.807) is 11.3 Å².